The molecule has 0 heterocycles. The Morgan fingerprint density at radius 2 is 1.36 bits per heavy atom. The zero-order valence-corrected chi connectivity index (χ0v) is 10.7. The summed E-state index contributed by atoms with van der Waals surface area (Å²) in [5.74, 6) is 0.307. The van der Waals surface area contributed by atoms with Gasteiger partial charge in [0.2, 0.25) is 0 Å². The molecule has 0 radical (unpaired) electrons. The molecule has 1 N–H and O–H groups in total. The molecule has 1 nitrogen and oxygen atoms in total. The predicted octanol–water partition coefficient (Wildman–Crippen LogP) is 4.71. The minimum absolute atomic E-state index is 0.307. The Bertz CT molecular complexity index is 206. The van der Waals surface area contributed by atoms with Crippen molar-refractivity contribution in [1.82, 2.24) is 0 Å². The van der Waals surface area contributed by atoms with Gasteiger partial charge >= 0.3 is 0 Å². The summed E-state index contributed by atoms with van der Waals surface area (Å²) in [4.78, 5) is 0. The van der Waals surface area contributed by atoms with Gasteiger partial charge in [0, 0.05) is 5.02 Å². The molecular formula is C12H21ClO. The summed E-state index contributed by atoms with van der Waals surface area (Å²) in [6.45, 7) is 11.7. The van der Waals surface area contributed by atoms with E-state index in [1.54, 1.807) is 12.1 Å². The van der Waals surface area contributed by atoms with Gasteiger partial charge in [-0.3, -0.25) is 0 Å². The van der Waals surface area contributed by atoms with Crippen LogP contribution in [0.3, 0.4) is 0 Å². The highest BCUT2D eigenvalue weighted by Crippen LogP contribution is 2.24. The van der Waals surface area contributed by atoms with Gasteiger partial charge in [-0.05, 0) is 37.1 Å². The molecule has 0 spiro atoms. The van der Waals surface area contributed by atoms with Crippen LogP contribution in [0.2, 0.25) is 5.02 Å². The number of rotatable bonds is 0. The zero-order valence-electron chi connectivity index (χ0n) is 9.98. The Hall–Kier alpha value is -0.690. The van der Waals surface area contributed by atoms with Gasteiger partial charge in [-0.2, -0.15) is 0 Å². The Morgan fingerprint density at radius 1 is 0.929 bits per heavy atom. The predicted molar refractivity (Wildman–Crippen MR) is 65.3 cm³/mol. The number of benzene rings is 1. The standard InChI is InChI=1S/C8H9ClO.2C2H6/c1-5-4-8(10)6(2)3-7(5)9;2*1-2/h3-4,10H,1-2H3;2*1-2H3. The Labute approximate surface area is 92.7 Å². The van der Waals surface area contributed by atoms with Crippen LogP contribution in [0.5, 0.6) is 5.75 Å². The number of phenolic OH excluding ortho intramolecular Hbond substituents is 1. The van der Waals surface area contributed by atoms with Gasteiger partial charge in [-0.25, -0.2) is 0 Å². The third kappa shape index (κ3) is 5.13. The fourth-order valence-electron chi connectivity index (χ4n) is 0.766. The average molecular weight is 217 g/mol. The molecule has 1 rings (SSSR count). The molecule has 0 unspecified atom stereocenters. The molecule has 2 heteroatoms. The van der Waals surface area contributed by atoms with Gasteiger partial charge in [-0.15, -0.1) is 0 Å². The minimum atomic E-state index is 0.307. The van der Waals surface area contributed by atoms with Gasteiger partial charge in [0.25, 0.3) is 0 Å². The lowest BCUT2D eigenvalue weighted by molar-refractivity contribution is 0.470. The van der Waals surface area contributed by atoms with E-state index in [1.807, 2.05) is 41.5 Å². The molecule has 0 fully saturated rings. The number of halogens is 1. The second-order valence-corrected chi connectivity index (χ2v) is 2.80. The fraction of sp³-hybridized carbons (Fsp3) is 0.500. The molecule has 0 aromatic heterocycles. The van der Waals surface area contributed by atoms with Crippen LogP contribution in [0.4, 0.5) is 0 Å². The monoisotopic (exact) mass is 216 g/mol. The summed E-state index contributed by atoms with van der Waals surface area (Å²) >= 11 is 5.77. The maximum absolute atomic E-state index is 9.17. The van der Waals surface area contributed by atoms with E-state index in [-0.39, 0.29) is 0 Å². The second kappa shape index (κ2) is 8.89. The van der Waals surface area contributed by atoms with E-state index >= 15 is 0 Å². The molecular weight excluding hydrogens is 196 g/mol. The summed E-state index contributed by atoms with van der Waals surface area (Å²) < 4.78 is 0. The third-order valence-electron chi connectivity index (χ3n) is 1.48. The van der Waals surface area contributed by atoms with Crippen LogP contribution in [0.1, 0.15) is 38.8 Å². The SMILES string of the molecule is CC.CC.Cc1cc(Cl)c(C)cc1O. The number of phenols is 1. The van der Waals surface area contributed by atoms with Crippen LogP contribution in [-0.4, -0.2) is 5.11 Å². The lowest BCUT2D eigenvalue weighted by Crippen LogP contribution is -1.78. The van der Waals surface area contributed by atoms with E-state index in [0.29, 0.717) is 10.8 Å². The Balaban J connectivity index is 0. The number of aryl methyl sites for hydroxylation is 2. The van der Waals surface area contributed by atoms with Crippen LogP contribution in [0.25, 0.3) is 0 Å². The molecule has 0 aliphatic carbocycles. The highest BCUT2D eigenvalue weighted by Gasteiger charge is 1.99. The maximum atomic E-state index is 9.17. The van der Waals surface area contributed by atoms with E-state index in [9.17, 15) is 0 Å². The van der Waals surface area contributed by atoms with Crippen molar-refractivity contribution in [1.29, 1.82) is 0 Å². The van der Waals surface area contributed by atoms with Crippen LogP contribution in [0, 0.1) is 13.8 Å². The fourth-order valence-corrected chi connectivity index (χ4v) is 0.984. The van der Waals surface area contributed by atoms with Gasteiger partial charge in [0.15, 0.2) is 0 Å². The van der Waals surface area contributed by atoms with E-state index in [4.69, 9.17) is 16.7 Å². The lowest BCUT2D eigenvalue weighted by atomic mass is 10.1. The highest BCUT2D eigenvalue weighted by atomic mass is 35.5. The zero-order chi connectivity index (χ0) is 11.7. The molecule has 0 bridgehead atoms. The summed E-state index contributed by atoms with van der Waals surface area (Å²) in [5, 5.41) is 9.87. The first-order chi connectivity index (χ1) is 6.61. The van der Waals surface area contributed by atoms with Crippen molar-refractivity contribution in [2.24, 2.45) is 0 Å². The molecule has 0 aliphatic rings. The number of hydrogen-bond donors (Lipinski definition) is 1. The Kier molecular flexibility index (Phi) is 10.0. The summed E-state index contributed by atoms with van der Waals surface area (Å²) in [6, 6.07) is 3.42. The molecule has 0 atom stereocenters. The first-order valence-corrected chi connectivity index (χ1v) is 5.45. The summed E-state index contributed by atoms with van der Waals surface area (Å²) in [5.41, 5.74) is 1.72. The molecule has 82 valence electrons. The van der Waals surface area contributed by atoms with Crippen LogP contribution >= 0.6 is 11.6 Å². The van der Waals surface area contributed by atoms with Gasteiger partial charge < -0.3 is 5.11 Å². The smallest absolute Gasteiger partial charge is 0.118 e. The number of aromatic hydroxyl groups is 1. The topological polar surface area (TPSA) is 20.2 Å². The third-order valence-corrected chi connectivity index (χ3v) is 1.88. The first kappa shape index (κ1) is 15.8. The largest absolute Gasteiger partial charge is 0.508 e. The normalized spacial score (nSPS) is 7.93. The highest BCUT2D eigenvalue weighted by molar-refractivity contribution is 6.31. The van der Waals surface area contributed by atoms with E-state index < -0.39 is 0 Å². The molecule has 0 saturated carbocycles. The molecule has 14 heavy (non-hydrogen) atoms. The van der Waals surface area contributed by atoms with E-state index in [2.05, 4.69) is 0 Å². The van der Waals surface area contributed by atoms with Crippen molar-refractivity contribution in [3.05, 3.63) is 28.3 Å². The van der Waals surface area contributed by atoms with Crippen molar-refractivity contribution in [2.45, 2.75) is 41.5 Å². The van der Waals surface area contributed by atoms with Gasteiger partial charge in [0.1, 0.15) is 5.75 Å². The maximum Gasteiger partial charge on any atom is 0.118 e. The van der Waals surface area contributed by atoms with Crippen LogP contribution in [-0.2, 0) is 0 Å². The second-order valence-electron chi connectivity index (χ2n) is 2.39. The van der Waals surface area contributed by atoms with Crippen molar-refractivity contribution in [2.75, 3.05) is 0 Å². The van der Waals surface area contributed by atoms with Gasteiger partial charge in [0.05, 0.1) is 0 Å². The summed E-state index contributed by atoms with van der Waals surface area (Å²) in [7, 11) is 0. The molecule has 0 aliphatic heterocycles. The minimum Gasteiger partial charge on any atom is -0.508 e. The van der Waals surface area contributed by atoms with E-state index in [0.717, 1.165) is 11.1 Å². The van der Waals surface area contributed by atoms with Crippen LogP contribution < -0.4 is 0 Å². The van der Waals surface area contributed by atoms with Crippen LogP contribution in [0.15, 0.2) is 12.1 Å². The van der Waals surface area contributed by atoms with Gasteiger partial charge in [-0.1, -0.05) is 39.3 Å². The number of hydrogen-bond acceptors (Lipinski definition) is 1. The first-order valence-electron chi connectivity index (χ1n) is 5.07. The van der Waals surface area contributed by atoms with Crippen molar-refractivity contribution in [3.8, 4) is 5.75 Å². The average Bonchev–Trinajstić information content (AvgIpc) is 2.21. The van der Waals surface area contributed by atoms with Crippen molar-refractivity contribution in [3.63, 3.8) is 0 Å². The quantitative estimate of drug-likeness (QED) is 0.666. The van der Waals surface area contributed by atoms with Crippen molar-refractivity contribution < 1.29 is 5.11 Å². The molecule has 1 aromatic rings. The summed E-state index contributed by atoms with van der Waals surface area (Å²) in [6.07, 6.45) is 0. The van der Waals surface area contributed by atoms with Crippen molar-refractivity contribution >= 4 is 11.6 Å². The lowest BCUT2D eigenvalue weighted by Gasteiger charge is -2.01. The Morgan fingerprint density at radius 3 is 1.71 bits per heavy atom. The molecule has 1 aromatic carbocycles. The van der Waals surface area contributed by atoms with E-state index in [1.165, 1.54) is 0 Å². The molecule has 0 amide bonds. The molecule has 0 saturated heterocycles.